The van der Waals surface area contributed by atoms with Crippen molar-refractivity contribution in [2.45, 2.75) is 65.6 Å². The van der Waals surface area contributed by atoms with Crippen LogP contribution >= 0.6 is 0 Å². The van der Waals surface area contributed by atoms with Gasteiger partial charge in [0.25, 0.3) is 5.91 Å². The summed E-state index contributed by atoms with van der Waals surface area (Å²) in [6.07, 6.45) is 0.417. The summed E-state index contributed by atoms with van der Waals surface area (Å²) in [5, 5.41) is 3.02. The number of amides is 2. The normalized spacial score (nSPS) is 11.9. The highest BCUT2D eigenvalue weighted by molar-refractivity contribution is 5.88. The van der Waals surface area contributed by atoms with E-state index in [9.17, 15) is 9.59 Å². The van der Waals surface area contributed by atoms with Crippen molar-refractivity contribution in [3.8, 4) is 5.75 Å². The summed E-state index contributed by atoms with van der Waals surface area (Å²) in [4.78, 5) is 28.7. The summed E-state index contributed by atoms with van der Waals surface area (Å²) in [6, 6.07) is 24.9. The van der Waals surface area contributed by atoms with E-state index in [1.54, 1.807) is 4.90 Å². The maximum Gasteiger partial charge on any atom is 0.261 e. The molecular formula is C31H38N2O3. The molecule has 0 aromatic heterocycles. The zero-order valence-electron chi connectivity index (χ0n) is 22.0. The molecule has 0 fully saturated rings. The molecule has 0 aliphatic rings. The van der Waals surface area contributed by atoms with Gasteiger partial charge in [0.1, 0.15) is 11.8 Å². The number of hydrogen-bond acceptors (Lipinski definition) is 3. The Hall–Kier alpha value is -3.60. The number of benzene rings is 3. The van der Waals surface area contributed by atoms with E-state index < -0.39 is 6.04 Å². The van der Waals surface area contributed by atoms with Crippen molar-refractivity contribution in [2.75, 3.05) is 6.61 Å². The molecule has 1 unspecified atom stereocenters. The van der Waals surface area contributed by atoms with Gasteiger partial charge in [0.05, 0.1) is 0 Å². The fourth-order valence-corrected chi connectivity index (χ4v) is 4.08. The van der Waals surface area contributed by atoms with Gasteiger partial charge in [-0.2, -0.15) is 0 Å². The van der Waals surface area contributed by atoms with Crippen LogP contribution in [0.2, 0.25) is 0 Å². The van der Waals surface area contributed by atoms with E-state index >= 15 is 0 Å². The molecule has 0 heterocycles. The minimum Gasteiger partial charge on any atom is -0.484 e. The monoisotopic (exact) mass is 486 g/mol. The highest BCUT2D eigenvalue weighted by Gasteiger charge is 2.31. The predicted octanol–water partition coefficient (Wildman–Crippen LogP) is 5.66. The lowest BCUT2D eigenvalue weighted by Crippen LogP contribution is -2.52. The second-order valence-corrected chi connectivity index (χ2v) is 9.83. The van der Waals surface area contributed by atoms with Crippen molar-refractivity contribution < 1.29 is 14.3 Å². The first-order chi connectivity index (χ1) is 17.2. The molecule has 0 bridgehead atoms. The van der Waals surface area contributed by atoms with Crippen molar-refractivity contribution in [3.05, 3.63) is 101 Å². The zero-order chi connectivity index (χ0) is 26.1. The largest absolute Gasteiger partial charge is 0.484 e. The van der Waals surface area contributed by atoms with Crippen molar-refractivity contribution >= 4 is 11.8 Å². The van der Waals surface area contributed by atoms with Gasteiger partial charge in [-0.3, -0.25) is 9.59 Å². The summed E-state index contributed by atoms with van der Waals surface area (Å²) < 4.78 is 5.89. The third-order valence-electron chi connectivity index (χ3n) is 6.21. The molecule has 5 nitrogen and oxygen atoms in total. The molecule has 2 amide bonds. The van der Waals surface area contributed by atoms with Gasteiger partial charge in [-0.25, -0.2) is 0 Å². The fraction of sp³-hybridized carbons (Fsp3) is 0.355. The van der Waals surface area contributed by atoms with Gasteiger partial charge >= 0.3 is 0 Å². The molecule has 1 N–H and O–H groups in total. The van der Waals surface area contributed by atoms with Crippen LogP contribution in [0.15, 0.2) is 78.9 Å². The second-order valence-electron chi connectivity index (χ2n) is 9.83. The van der Waals surface area contributed by atoms with Crippen LogP contribution in [-0.4, -0.2) is 35.4 Å². The molecule has 5 heteroatoms. The Bertz CT molecular complexity index is 1120. The van der Waals surface area contributed by atoms with Crippen LogP contribution in [0.25, 0.3) is 0 Å². The molecule has 190 valence electrons. The molecule has 1 atom stereocenters. The Labute approximate surface area is 215 Å². The number of ether oxygens (including phenoxy) is 1. The molecule has 0 radical (unpaired) electrons. The SMILES string of the molecule is Cc1ccccc1CN(C(=O)COc1ccc(C(C)C)cc1)C(Cc1ccccc1)C(=O)NC(C)C. The molecule has 0 aliphatic heterocycles. The molecule has 0 saturated heterocycles. The van der Waals surface area contributed by atoms with E-state index in [4.69, 9.17) is 4.74 Å². The standard InChI is InChI=1S/C31H38N2O3/c1-22(2)26-15-17-28(18-16-26)36-21-30(34)33(20-27-14-10-9-11-24(27)5)29(31(35)32-23(3)4)19-25-12-7-6-8-13-25/h6-18,22-23,29H,19-21H2,1-5H3,(H,32,35). The Morgan fingerprint density at radius 3 is 2.11 bits per heavy atom. The van der Waals surface area contributed by atoms with Crippen LogP contribution in [0.5, 0.6) is 5.75 Å². The second kappa shape index (κ2) is 12.9. The highest BCUT2D eigenvalue weighted by Crippen LogP contribution is 2.20. The van der Waals surface area contributed by atoms with Gasteiger partial charge < -0.3 is 15.0 Å². The van der Waals surface area contributed by atoms with E-state index in [-0.39, 0.29) is 24.5 Å². The average molecular weight is 487 g/mol. The Morgan fingerprint density at radius 1 is 0.861 bits per heavy atom. The smallest absolute Gasteiger partial charge is 0.261 e. The van der Waals surface area contributed by atoms with Crippen LogP contribution in [-0.2, 0) is 22.6 Å². The van der Waals surface area contributed by atoms with E-state index in [0.717, 1.165) is 16.7 Å². The number of aryl methyl sites for hydroxylation is 1. The van der Waals surface area contributed by atoms with Crippen LogP contribution in [0.3, 0.4) is 0 Å². The molecule has 3 rings (SSSR count). The van der Waals surface area contributed by atoms with Crippen molar-refractivity contribution in [2.24, 2.45) is 0 Å². The average Bonchev–Trinajstić information content (AvgIpc) is 2.86. The first kappa shape index (κ1) is 27.0. The van der Waals surface area contributed by atoms with E-state index in [2.05, 4.69) is 19.2 Å². The lowest BCUT2D eigenvalue weighted by atomic mass is 10.0. The Morgan fingerprint density at radius 2 is 1.50 bits per heavy atom. The molecule has 3 aromatic rings. The van der Waals surface area contributed by atoms with Crippen molar-refractivity contribution in [1.29, 1.82) is 0 Å². The predicted molar refractivity (Wildman–Crippen MR) is 145 cm³/mol. The van der Waals surface area contributed by atoms with Crippen LogP contribution in [0.1, 0.15) is 55.9 Å². The van der Waals surface area contributed by atoms with Crippen molar-refractivity contribution in [1.82, 2.24) is 10.2 Å². The maximum atomic E-state index is 13.7. The fourth-order valence-electron chi connectivity index (χ4n) is 4.08. The van der Waals surface area contributed by atoms with E-state index in [1.165, 1.54) is 5.56 Å². The molecule has 0 spiro atoms. The third-order valence-corrected chi connectivity index (χ3v) is 6.21. The van der Waals surface area contributed by atoms with Gasteiger partial charge in [-0.05, 0) is 61.1 Å². The minimum atomic E-state index is -0.672. The van der Waals surface area contributed by atoms with Gasteiger partial charge in [0, 0.05) is 19.0 Å². The molecule has 36 heavy (non-hydrogen) atoms. The third kappa shape index (κ3) is 7.70. The van der Waals surface area contributed by atoms with E-state index in [0.29, 0.717) is 24.6 Å². The lowest BCUT2D eigenvalue weighted by Gasteiger charge is -2.32. The molecule has 3 aromatic carbocycles. The van der Waals surface area contributed by atoms with Crippen LogP contribution in [0, 0.1) is 6.92 Å². The summed E-state index contributed by atoms with van der Waals surface area (Å²) in [7, 11) is 0. The lowest BCUT2D eigenvalue weighted by molar-refractivity contribution is -0.143. The Balaban J connectivity index is 1.89. The number of carbonyl (C=O) groups is 2. The quantitative estimate of drug-likeness (QED) is 0.380. The summed E-state index contributed by atoms with van der Waals surface area (Å²) in [5.74, 6) is 0.654. The topological polar surface area (TPSA) is 58.6 Å². The molecule has 0 aliphatic carbocycles. The van der Waals surface area contributed by atoms with Crippen molar-refractivity contribution in [3.63, 3.8) is 0 Å². The summed E-state index contributed by atoms with van der Waals surface area (Å²) in [6.45, 7) is 10.3. The van der Waals surface area contributed by atoms with Crippen LogP contribution in [0.4, 0.5) is 0 Å². The first-order valence-corrected chi connectivity index (χ1v) is 12.7. The first-order valence-electron chi connectivity index (χ1n) is 12.7. The zero-order valence-corrected chi connectivity index (χ0v) is 22.0. The van der Waals surface area contributed by atoms with Gasteiger partial charge in [-0.1, -0.05) is 80.6 Å². The van der Waals surface area contributed by atoms with Gasteiger partial charge in [0.15, 0.2) is 6.61 Å². The maximum absolute atomic E-state index is 13.7. The van der Waals surface area contributed by atoms with Crippen LogP contribution < -0.4 is 10.1 Å². The number of nitrogens with one attached hydrogen (secondary N) is 1. The summed E-state index contributed by atoms with van der Waals surface area (Å²) >= 11 is 0. The summed E-state index contributed by atoms with van der Waals surface area (Å²) in [5.41, 5.74) is 4.28. The minimum absolute atomic E-state index is 0.0399. The molecule has 0 saturated carbocycles. The number of hydrogen-bond donors (Lipinski definition) is 1. The number of carbonyl (C=O) groups excluding carboxylic acids is 2. The highest BCUT2D eigenvalue weighted by atomic mass is 16.5. The van der Waals surface area contributed by atoms with Gasteiger partial charge in [0.2, 0.25) is 5.91 Å². The van der Waals surface area contributed by atoms with Gasteiger partial charge in [-0.15, -0.1) is 0 Å². The number of rotatable bonds is 11. The molecular weight excluding hydrogens is 448 g/mol. The number of nitrogens with zero attached hydrogens (tertiary/aromatic N) is 1. The van der Waals surface area contributed by atoms with E-state index in [1.807, 2.05) is 99.6 Å². The Kier molecular flexibility index (Phi) is 9.69.